The van der Waals surface area contributed by atoms with Crippen LogP contribution in [0.5, 0.6) is 11.5 Å². The molecule has 8 heteroatoms. The molecule has 0 aromatic heterocycles. The Morgan fingerprint density at radius 2 is 1.71 bits per heavy atom. The first kappa shape index (κ1) is 21.7. The fraction of sp³-hybridized carbons (Fsp3) is 0.600. The quantitative estimate of drug-likeness (QED) is 0.611. The van der Waals surface area contributed by atoms with E-state index in [1.54, 1.807) is 12.0 Å². The molecule has 1 unspecified atom stereocenters. The third-order valence-corrected chi connectivity index (χ3v) is 4.16. The number of ether oxygens (including phenoxy) is 3. The van der Waals surface area contributed by atoms with Crippen LogP contribution in [0.4, 0.5) is 4.79 Å². The molecule has 1 saturated heterocycles. The van der Waals surface area contributed by atoms with E-state index < -0.39 is 5.60 Å². The predicted octanol–water partition coefficient (Wildman–Crippen LogP) is 2.33. The van der Waals surface area contributed by atoms with Gasteiger partial charge in [-0.1, -0.05) is 12.1 Å². The summed E-state index contributed by atoms with van der Waals surface area (Å²) < 4.78 is 16.6. The van der Waals surface area contributed by atoms with Crippen LogP contribution in [-0.4, -0.2) is 73.4 Å². The third-order valence-electron chi connectivity index (χ3n) is 4.16. The van der Waals surface area contributed by atoms with Crippen LogP contribution in [0.25, 0.3) is 0 Å². The van der Waals surface area contributed by atoms with Crippen molar-refractivity contribution in [2.75, 3.05) is 39.8 Å². The highest BCUT2D eigenvalue weighted by Gasteiger charge is 2.26. The second-order valence-electron chi connectivity index (χ2n) is 7.73. The Kier molecular flexibility index (Phi) is 7.37. The molecule has 2 N–H and O–H groups in total. The van der Waals surface area contributed by atoms with Crippen LogP contribution in [0.2, 0.25) is 0 Å². The van der Waals surface area contributed by atoms with Gasteiger partial charge in [-0.2, -0.15) is 0 Å². The van der Waals surface area contributed by atoms with Gasteiger partial charge in [-0.3, -0.25) is 0 Å². The average Bonchev–Trinajstić information content (AvgIpc) is 2.65. The van der Waals surface area contributed by atoms with Gasteiger partial charge in [0, 0.05) is 26.2 Å². The van der Waals surface area contributed by atoms with E-state index in [0.717, 1.165) is 0 Å². The van der Waals surface area contributed by atoms with Crippen molar-refractivity contribution in [2.24, 2.45) is 10.7 Å². The van der Waals surface area contributed by atoms with E-state index in [-0.39, 0.29) is 12.2 Å². The van der Waals surface area contributed by atoms with Crippen molar-refractivity contribution < 1.29 is 19.0 Å². The standard InChI is InChI=1S/C20H32N4O4/c1-15(27-17-9-7-6-8-16(17)26-5)14-22-18(21)23-10-12-24(13-11-23)19(25)28-20(2,3)4/h6-9,15H,10-14H2,1-5H3,(H2,21,22). The van der Waals surface area contributed by atoms with Crippen molar-refractivity contribution in [3.8, 4) is 11.5 Å². The lowest BCUT2D eigenvalue weighted by Crippen LogP contribution is -2.53. The predicted molar refractivity (Wildman–Crippen MR) is 109 cm³/mol. The number of carbonyl (C=O) groups is 1. The van der Waals surface area contributed by atoms with Crippen molar-refractivity contribution in [2.45, 2.75) is 39.4 Å². The Hall–Kier alpha value is -2.64. The topological polar surface area (TPSA) is 89.6 Å². The number of nitrogens with zero attached hydrogens (tertiary/aromatic N) is 3. The average molecular weight is 393 g/mol. The molecule has 1 amide bonds. The molecule has 0 aliphatic carbocycles. The number of aliphatic imine (C=N–C) groups is 1. The Labute approximate surface area is 167 Å². The van der Waals surface area contributed by atoms with Crippen LogP contribution in [0.1, 0.15) is 27.7 Å². The van der Waals surface area contributed by atoms with E-state index in [1.807, 2.05) is 56.9 Å². The summed E-state index contributed by atoms with van der Waals surface area (Å²) in [4.78, 5) is 20.2. The number of hydrogen-bond acceptors (Lipinski definition) is 5. The smallest absolute Gasteiger partial charge is 0.410 e. The molecular weight excluding hydrogens is 360 g/mol. The van der Waals surface area contributed by atoms with Gasteiger partial charge in [0.2, 0.25) is 0 Å². The summed E-state index contributed by atoms with van der Waals surface area (Å²) in [5.74, 6) is 1.82. The number of piperazine rings is 1. The number of para-hydroxylation sites is 2. The number of rotatable bonds is 5. The lowest BCUT2D eigenvalue weighted by molar-refractivity contribution is 0.0186. The lowest BCUT2D eigenvalue weighted by Gasteiger charge is -2.36. The summed E-state index contributed by atoms with van der Waals surface area (Å²) in [7, 11) is 1.61. The molecule has 0 spiro atoms. The van der Waals surface area contributed by atoms with Crippen LogP contribution in [0.15, 0.2) is 29.3 Å². The summed E-state index contributed by atoms with van der Waals surface area (Å²) in [5, 5.41) is 0. The molecule has 1 aliphatic rings. The van der Waals surface area contributed by atoms with E-state index in [0.29, 0.717) is 50.2 Å². The van der Waals surface area contributed by atoms with Gasteiger partial charge >= 0.3 is 6.09 Å². The van der Waals surface area contributed by atoms with E-state index in [9.17, 15) is 4.79 Å². The Balaban J connectivity index is 1.82. The molecule has 1 fully saturated rings. The van der Waals surface area contributed by atoms with Crippen molar-refractivity contribution in [1.82, 2.24) is 9.80 Å². The molecule has 2 rings (SSSR count). The fourth-order valence-electron chi connectivity index (χ4n) is 2.74. The maximum absolute atomic E-state index is 12.1. The number of hydrogen-bond donors (Lipinski definition) is 1. The molecule has 0 saturated carbocycles. The Morgan fingerprint density at radius 3 is 2.29 bits per heavy atom. The van der Waals surface area contributed by atoms with Crippen LogP contribution in [0.3, 0.4) is 0 Å². The normalized spacial score (nSPS) is 16.5. The largest absolute Gasteiger partial charge is 0.493 e. The first-order chi connectivity index (χ1) is 13.2. The molecule has 1 aliphatic heterocycles. The van der Waals surface area contributed by atoms with Crippen molar-refractivity contribution >= 4 is 12.1 Å². The zero-order valence-corrected chi connectivity index (χ0v) is 17.5. The summed E-state index contributed by atoms with van der Waals surface area (Å²) >= 11 is 0. The van der Waals surface area contributed by atoms with Crippen molar-refractivity contribution in [3.63, 3.8) is 0 Å². The number of carbonyl (C=O) groups excluding carboxylic acids is 1. The van der Waals surface area contributed by atoms with E-state index in [1.165, 1.54) is 0 Å². The van der Waals surface area contributed by atoms with Gasteiger partial charge in [0.1, 0.15) is 11.7 Å². The van der Waals surface area contributed by atoms with Gasteiger partial charge in [0.25, 0.3) is 0 Å². The van der Waals surface area contributed by atoms with Gasteiger partial charge in [-0.25, -0.2) is 9.79 Å². The second-order valence-corrected chi connectivity index (χ2v) is 7.73. The summed E-state index contributed by atoms with van der Waals surface area (Å²) in [6, 6.07) is 7.50. The third kappa shape index (κ3) is 6.51. The van der Waals surface area contributed by atoms with Crippen molar-refractivity contribution in [3.05, 3.63) is 24.3 Å². The molecule has 8 nitrogen and oxygen atoms in total. The number of amides is 1. The first-order valence-electron chi connectivity index (χ1n) is 9.52. The second kappa shape index (κ2) is 9.52. The van der Waals surface area contributed by atoms with Gasteiger partial charge in [-0.15, -0.1) is 0 Å². The van der Waals surface area contributed by atoms with E-state index in [4.69, 9.17) is 19.9 Å². The molecular formula is C20H32N4O4. The molecule has 1 aromatic rings. The summed E-state index contributed by atoms with van der Waals surface area (Å²) in [6.07, 6.45) is -0.445. The maximum atomic E-state index is 12.1. The molecule has 1 heterocycles. The summed E-state index contributed by atoms with van der Waals surface area (Å²) in [6.45, 7) is 10.3. The molecule has 156 valence electrons. The molecule has 1 aromatic carbocycles. The number of guanidine groups is 1. The lowest BCUT2D eigenvalue weighted by atomic mass is 10.2. The monoisotopic (exact) mass is 392 g/mol. The SMILES string of the molecule is COc1ccccc1OC(C)CN=C(N)N1CCN(C(=O)OC(C)(C)C)CC1. The molecule has 28 heavy (non-hydrogen) atoms. The van der Waals surface area contributed by atoms with E-state index >= 15 is 0 Å². The van der Waals surface area contributed by atoms with Gasteiger partial charge in [-0.05, 0) is 39.8 Å². The van der Waals surface area contributed by atoms with Crippen LogP contribution in [0, 0.1) is 0 Å². The summed E-state index contributed by atoms with van der Waals surface area (Å²) in [5.41, 5.74) is 5.64. The number of benzene rings is 1. The minimum Gasteiger partial charge on any atom is -0.493 e. The highest BCUT2D eigenvalue weighted by Crippen LogP contribution is 2.26. The molecule has 1 atom stereocenters. The van der Waals surface area contributed by atoms with Gasteiger partial charge in [0.15, 0.2) is 17.5 Å². The van der Waals surface area contributed by atoms with Crippen LogP contribution in [-0.2, 0) is 4.74 Å². The van der Waals surface area contributed by atoms with Gasteiger partial charge in [0.05, 0.1) is 13.7 Å². The molecule has 0 bridgehead atoms. The highest BCUT2D eigenvalue weighted by atomic mass is 16.6. The van der Waals surface area contributed by atoms with E-state index in [2.05, 4.69) is 4.99 Å². The highest BCUT2D eigenvalue weighted by molar-refractivity contribution is 5.78. The maximum Gasteiger partial charge on any atom is 0.410 e. The van der Waals surface area contributed by atoms with Crippen LogP contribution < -0.4 is 15.2 Å². The number of methoxy groups -OCH3 is 1. The number of nitrogens with two attached hydrogens (primary N) is 1. The van der Waals surface area contributed by atoms with Crippen molar-refractivity contribution in [1.29, 1.82) is 0 Å². The zero-order valence-electron chi connectivity index (χ0n) is 17.5. The van der Waals surface area contributed by atoms with Crippen LogP contribution >= 0.6 is 0 Å². The zero-order chi connectivity index (χ0) is 20.7. The first-order valence-corrected chi connectivity index (χ1v) is 9.52. The minimum absolute atomic E-state index is 0.155. The molecule has 0 radical (unpaired) electrons. The minimum atomic E-state index is -0.494. The Bertz CT molecular complexity index is 679. The van der Waals surface area contributed by atoms with Gasteiger partial charge < -0.3 is 29.7 Å². The Morgan fingerprint density at radius 1 is 1.14 bits per heavy atom. The fourth-order valence-corrected chi connectivity index (χ4v) is 2.74.